The van der Waals surface area contributed by atoms with Crippen molar-refractivity contribution in [3.05, 3.63) is 29.8 Å². The summed E-state index contributed by atoms with van der Waals surface area (Å²) < 4.78 is 16.6. The van der Waals surface area contributed by atoms with Crippen LogP contribution in [0.1, 0.15) is 36.0 Å². The van der Waals surface area contributed by atoms with Crippen molar-refractivity contribution in [1.82, 2.24) is 5.32 Å². The van der Waals surface area contributed by atoms with E-state index in [4.69, 9.17) is 14.2 Å². The summed E-state index contributed by atoms with van der Waals surface area (Å²) in [7, 11) is 1.59. The maximum atomic E-state index is 12.3. The molecule has 1 spiro atoms. The minimum Gasteiger partial charge on any atom is -0.497 e. The smallest absolute Gasteiger partial charge is 0.251 e. The van der Waals surface area contributed by atoms with Crippen LogP contribution in [0.5, 0.6) is 5.75 Å². The minimum absolute atomic E-state index is 0.0750. The Hall–Kier alpha value is -1.59. The molecule has 1 aromatic carbocycles. The quantitative estimate of drug-likeness (QED) is 0.926. The Morgan fingerprint density at radius 1 is 1.38 bits per heavy atom. The Morgan fingerprint density at radius 3 is 2.95 bits per heavy atom. The molecule has 21 heavy (non-hydrogen) atoms. The Kier molecular flexibility index (Phi) is 4.12. The molecule has 0 bridgehead atoms. The van der Waals surface area contributed by atoms with Crippen molar-refractivity contribution in [2.45, 2.75) is 37.5 Å². The molecule has 0 radical (unpaired) electrons. The normalized spacial score (nSPS) is 24.0. The van der Waals surface area contributed by atoms with Crippen LogP contribution in [0.2, 0.25) is 0 Å². The summed E-state index contributed by atoms with van der Waals surface area (Å²) in [6, 6.07) is 7.28. The Labute approximate surface area is 124 Å². The van der Waals surface area contributed by atoms with Gasteiger partial charge >= 0.3 is 0 Å². The molecule has 1 aliphatic heterocycles. The van der Waals surface area contributed by atoms with Gasteiger partial charge in [-0.25, -0.2) is 0 Å². The van der Waals surface area contributed by atoms with Crippen molar-refractivity contribution < 1.29 is 19.0 Å². The predicted molar refractivity (Wildman–Crippen MR) is 77.4 cm³/mol. The van der Waals surface area contributed by atoms with Crippen molar-refractivity contribution in [3.8, 4) is 5.75 Å². The van der Waals surface area contributed by atoms with Gasteiger partial charge in [-0.2, -0.15) is 0 Å². The third kappa shape index (κ3) is 3.19. The molecule has 1 saturated heterocycles. The number of hydrogen-bond donors (Lipinski definition) is 1. The fourth-order valence-electron chi connectivity index (χ4n) is 3.11. The Bertz CT molecular complexity index is 511. The molecule has 1 amide bonds. The number of amides is 1. The van der Waals surface area contributed by atoms with Gasteiger partial charge in [-0.15, -0.1) is 0 Å². The van der Waals surface area contributed by atoms with E-state index in [1.165, 1.54) is 0 Å². The van der Waals surface area contributed by atoms with Crippen LogP contribution in [0, 0.1) is 0 Å². The second-order valence-electron chi connectivity index (χ2n) is 5.61. The largest absolute Gasteiger partial charge is 0.497 e. The number of benzene rings is 1. The zero-order chi connectivity index (χ0) is 14.7. The second-order valence-corrected chi connectivity index (χ2v) is 5.61. The van der Waals surface area contributed by atoms with Gasteiger partial charge in [0, 0.05) is 24.4 Å². The van der Waals surface area contributed by atoms with Crippen molar-refractivity contribution in [2.75, 3.05) is 20.3 Å². The third-order valence-corrected chi connectivity index (χ3v) is 4.15. The predicted octanol–water partition coefficient (Wildman–Crippen LogP) is 2.11. The van der Waals surface area contributed by atoms with Gasteiger partial charge in [0.05, 0.1) is 20.3 Å². The van der Waals surface area contributed by atoms with E-state index in [0.717, 1.165) is 25.7 Å². The lowest BCUT2D eigenvalue weighted by atomic mass is 9.89. The van der Waals surface area contributed by atoms with E-state index in [0.29, 0.717) is 24.5 Å². The van der Waals surface area contributed by atoms with Gasteiger partial charge in [0.25, 0.3) is 5.91 Å². The first-order valence-corrected chi connectivity index (χ1v) is 7.44. The van der Waals surface area contributed by atoms with Crippen LogP contribution >= 0.6 is 0 Å². The van der Waals surface area contributed by atoms with Crippen LogP contribution in [0.3, 0.4) is 0 Å². The van der Waals surface area contributed by atoms with Crippen LogP contribution in [-0.2, 0) is 9.47 Å². The number of nitrogens with one attached hydrogen (secondary N) is 1. The molecule has 5 nitrogen and oxygen atoms in total. The zero-order valence-corrected chi connectivity index (χ0v) is 12.3. The summed E-state index contributed by atoms with van der Waals surface area (Å²) in [5.74, 6) is 0.143. The summed E-state index contributed by atoms with van der Waals surface area (Å²) in [4.78, 5) is 12.3. The van der Waals surface area contributed by atoms with Crippen LogP contribution in [0.4, 0.5) is 0 Å². The molecule has 1 saturated carbocycles. The van der Waals surface area contributed by atoms with E-state index in [1.807, 2.05) is 12.1 Å². The molecule has 2 aliphatic rings. The van der Waals surface area contributed by atoms with Crippen LogP contribution in [-0.4, -0.2) is 38.1 Å². The van der Waals surface area contributed by atoms with E-state index in [1.54, 1.807) is 19.2 Å². The van der Waals surface area contributed by atoms with Gasteiger partial charge in [0.1, 0.15) is 5.75 Å². The molecule has 5 heteroatoms. The molecule has 0 aromatic heterocycles. The summed E-state index contributed by atoms with van der Waals surface area (Å²) in [5.41, 5.74) is 0.613. The zero-order valence-electron chi connectivity index (χ0n) is 12.3. The number of methoxy groups -OCH3 is 1. The first-order valence-electron chi connectivity index (χ1n) is 7.44. The summed E-state index contributed by atoms with van der Waals surface area (Å²) >= 11 is 0. The first kappa shape index (κ1) is 14.4. The fourth-order valence-corrected chi connectivity index (χ4v) is 3.11. The minimum atomic E-state index is -0.468. The number of carbonyl (C=O) groups excluding carboxylic acids is 1. The van der Waals surface area contributed by atoms with E-state index in [-0.39, 0.29) is 11.9 Å². The topological polar surface area (TPSA) is 56.8 Å². The number of ether oxygens (including phenoxy) is 3. The highest BCUT2D eigenvalue weighted by atomic mass is 16.7. The van der Waals surface area contributed by atoms with E-state index in [9.17, 15) is 4.79 Å². The molecule has 1 atom stereocenters. The monoisotopic (exact) mass is 291 g/mol. The lowest BCUT2D eigenvalue weighted by molar-refractivity contribution is -0.181. The molecule has 1 aliphatic carbocycles. The van der Waals surface area contributed by atoms with Crippen LogP contribution < -0.4 is 10.1 Å². The second kappa shape index (κ2) is 6.03. The highest BCUT2D eigenvalue weighted by Crippen LogP contribution is 2.35. The number of carbonyl (C=O) groups is 1. The number of rotatable bonds is 3. The van der Waals surface area contributed by atoms with Gasteiger partial charge in [-0.1, -0.05) is 6.07 Å². The molecule has 3 rings (SSSR count). The SMILES string of the molecule is COc1cccc(C(=O)NC2CCCC3(C2)OCCO3)c1. The van der Waals surface area contributed by atoms with Crippen LogP contribution in [0.15, 0.2) is 24.3 Å². The van der Waals surface area contributed by atoms with Crippen molar-refractivity contribution >= 4 is 5.91 Å². The average Bonchev–Trinajstić information content (AvgIpc) is 2.95. The third-order valence-electron chi connectivity index (χ3n) is 4.15. The lowest BCUT2D eigenvalue weighted by Gasteiger charge is -2.36. The molecule has 1 aromatic rings. The van der Waals surface area contributed by atoms with Crippen molar-refractivity contribution in [1.29, 1.82) is 0 Å². The van der Waals surface area contributed by atoms with Crippen molar-refractivity contribution in [2.24, 2.45) is 0 Å². The van der Waals surface area contributed by atoms with Gasteiger partial charge in [0.2, 0.25) is 0 Å². The first-order chi connectivity index (χ1) is 10.2. The van der Waals surface area contributed by atoms with Gasteiger partial charge in [-0.05, 0) is 31.0 Å². The summed E-state index contributed by atoms with van der Waals surface area (Å²) in [6.45, 7) is 1.30. The fraction of sp³-hybridized carbons (Fsp3) is 0.562. The van der Waals surface area contributed by atoms with E-state index < -0.39 is 5.79 Å². The highest BCUT2D eigenvalue weighted by molar-refractivity contribution is 5.94. The summed E-state index contributed by atoms with van der Waals surface area (Å²) in [5, 5.41) is 3.08. The maximum Gasteiger partial charge on any atom is 0.251 e. The number of hydrogen-bond acceptors (Lipinski definition) is 4. The highest BCUT2D eigenvalue weighted by Gasteiger charge is 2.41. The average molecular weight is 291 g/mol. The maximum absolute atomic E-state index is 12.3. The van der Waals surface area contributed by atoms with Gasteiger partial charge < -0.3 is 19.5 Å². The van der Waals surface area contributed by atoms with Gasteiger partial charge in [-0.3, -0.25) is 4.79 Å². The Balaban J connectivity index is 1.64. The molecule has 1 heterocycles. The molecule has 1 unspecified atom stereocenters. The standard InChI is InChI=1S/C16H21NO4/c1-19-14-6-2-4-12(10-14)15(18)17-13-5-3-7-16(11-13)20-8-9-21-16/h2,4,6,10,13H,3,5,7-9,11H2,1H3,(H,17,18). The van der Waals surface area contributed by atoms with E-state index >= 15 is 0 Å². The van der Waals surface area contributed by atoms with Crippen molar-refractivity contribution in [3.63, 3.8) is 0 Å². The van der Waals surface area contributed by atoms with Crippen LogP contribution in [0.25, 0.3) is 0 Å². The lowest BCUT2D eigenvalue weighted by Crippen LogP contribution is -2.46. The molecule has 2 fully saturated rings. The molecular formula is C16H21NO4. The Morgan fingerprint density at radius 2 is 2.19 bits per heavy atom. The summed E-state index contributed by atoms with van der Waals surface area (Å²) in [6.07, 6.45) is 3.61. The van der Waals surface area contributed by atoms with E-state index in [2.05, 4.69) is 5.32 Å². The van der Waals surface area contributed by atoms with Gasteiger partial charge in [0.15, 0.2) is 5.79 Å². The molecular weight excluding hydrogens is 270 g/mol. The molecule has 1 N–H and O–H groups in total. The molecule has 114 valence electrons.